The van der Waals surface area contributed by atoms with E-state index in [1.54, 1.807) is 19.1 Å². The average Bonchev–Trinajstić information content (AvgIpc) is 3.05. The van der Waals surface area contributed by atoms with Crippen LogP contribution in [-0.4, -0.2) is 35.2 Å². The zero-order valence-corrected chi connectivity index (χ0v) is 15.3. The van der Waals surface area contributed by atoms with Gasteiger partial charge >= 0.3 is 12.1 Å². The number of hydrogen-bond donors (Lipinski definition) is 0. The molecule has 0 N–H and O–H groups in total. The van der Waals surface area contributed by atoms with Crippen molar-refractivity contribution in [2.75, 3.05) is 12.3 Å². The minimum Gasteiger partial charge on any atom is -0.329 e. The Labute approximate surface area is 150 Å². The summed E-state index contributed by atoms with van der Waals surface area (Å²) in [5.41, 5.74) is 1.08. The summed E-state index contributed by atoms with van der Waals surface area (Å²) in [6, 6.07) is 6.36. The average molecular weight is 391 g/mol. The van der Waals surface area contributed by atoms with Gasteiger partial charge in [-0.3, -0.25) is 0 Å². The molecule has 0 aliphatic heterocycles. The van der Waals surface area contributed by atoms with Crippen molar-refractivity contribution < 1.29 is 26.1 Å². The second kappa shape index (κ2) is 8.17. The predicted molar refractivity (Wildman–Crippen MR) is 89.5 cm³/mol. The fourth-order valence-corrected chi connectivity index (χ4v) is 3.95. The monoisotopic (exact) mass is 391 g/mol. The molecule has 6 nitrogen and oxygen atoms in total. The van der Waals surface area contributed by atoms with Crippen LogP contribution < -0.4 is 0 Å². The molecule has 0 saturated carbocycles. The van der Waals surface area contributed by atoms with E-state index in [0.29, 0.717) is 24.9 Å². The van der Waals surface area contributed by atoms with E-state index < -0.39 is 22.1 Å². The molecule has 144 valence electrons. The second-order valence-corrected chi connectivity index (χ2v) is 7.86. The third-order valence-electron chi connectivity index (χ3n) is 3.57. The molecule has 2 rings (SSSR count). The highest BCUT2D eigenvalue weighted by Crippen LogP contribution is 2.29. The summed E-state index contributed by atoms with van der Waals surface area (Å²) < 4.78 is 67.8. The van der Waals surface area contributed by atoms with Gasteiger partial charge in [-0.25, -0.2) is 8.42 Å². The third-order valence-corrected chi connectivity index (χ3v) is 5.59. The van der Waals surface area contributed by atoms with Crippen LogP contribution in [-0.2, 0) is 22.7 Å². The Morgan fingerprint density at radius 2 is 1.77 bits per heavy atom. The van der Waals surface area contributed by atoms with Crippen molar-refractivity contribution in [3.63, 3.8) is 0 Å². The number of nitrogens with zero attached hydrogens (tertiary/aromatic N) is 3. The molecule has 26 heavy (non-hydrogen) atoms. The van der Waals surface area contributed by atoms with Crippen molar-refractivity contribution in [2.45, 2.75) is 39.4 Å². The van der Waals surface area contributed by atoms with Gasteiger partial charge in [0.25, 0.3) is 0 Å². The van der Waals surface area contributed by atoms with Crippen LogP contribution in [0.15, 0.2) is 28.8 Å². The van der Waals surface area contributed by atoms with Crippen molar-refractivity contribution >= 4 is 10.0 Å². The van der Waals surface area contributed by atoms with Crippen LogP contribution in [0.1, 0.15) is 38.1 Å². The van der Waals surface area contributed by atoms with Crippen LogP contribution in [0.4, 0.5) is 13.2 Å². The maximum atomic E-state index is 12.5. The number of rotatable bonds is 8. The van der Waals surface area contributed by atoms with E-state index in [1.165, 1.54) is 16.4 Å². The molecule has 10 heteroatoms. The van der Waals surface area contributed by atoms with Crippen LogP contribution >= 0.6 is 0 Å². The first-order valence-corrected chi connectivity index (χ1v) is 9.76. The van der Waals surface area contributed by atoms with Gasteiger partial charge in [-0.15, -0.1) is 0 Å². The molecular formula is C16H20F3N3O3S. The second-order valence-electron chi connectivity index (χ2n) is 5.77. The van der Waals surface area contributed by atoms with E-state index in [2.05, 4.69) is 14.7 Å². The lowest BCUT2D eigenvalue weighted by atomic mass is 10.1. The number of sulfonamides is 1. The van der Waals surface area contributed by atoms with E-state index in [4.69, 9.17) is 0 Å². The molecule has 0 aliphatic rings. The number of alkyl halides is 3. The fourth-order valence-electron chi connectivity index (χ4n) is 2.37. The number of benzene rings is 1. The summed E-state index contributed by atoms with van der Waals surface area (Å²) in [6.45, 7) is 4.31. The van der Waals surface area contributed by atoms with Gasteiger partial charge in [0.1, 0.15) is 0 Å². The molecule has 1 heterocycles. The van der Waals surface area contributed by atoms with Gasteiger partial charge in [0, 0.05) is 18.7 Å². The molecule has 0 atom stereocenters. The summed E-state index contributed by atoms with van der Waals surface area (Å²) in [5.74, 6) is -1.50. The van der Waals surface area contributed by atoms with E-state index in [1.807, 2.05) is 6.92 Å². The van der Waals surface area contributed by atoms with Crippen LogP contribution in [0, 0.1) is 0 Å². The molecule has 0 bridgehead atoms. The van der Waals surface area contributed by atoms with Gasteiger partial charge in [-0.2, -0.15) is 22.5 Å². The Balaban J connectivity index is 2.17. The molecule has 1 aromatic carbocycles. The Morgan fingerprint density at radius 3 is 2.27 bits per heavy atom. The maximum absolute atomic E-state index is 12.5. The highest BCUT2D eigenvalue weighted by molar-refractivity contribution is 7.89. The molecule has 0 radical (unpaired) electrons. The van der Waals surface area contributed by atoms with Crippen molar-refractivity contribution in [1.82, 2.24) is 14.4 Å². The Bertz CT molecular complexity index is 817. The van der Waals surface area contributed by atoms with Crippen molar-refractivity contribution in [2.24, 2.45) is 0 Å². The molecule has 0 unspecified atom stereocenters. The van der Waals surface area contributed by atoms with E-state index in [-0.39, 0.29) is 18.1 Å². The minimum absolute atomic E-state index is 0.0775. The smallest absolute Gasteiger partial charge is 0.329 e. The largest absolute Gasteiger partial charge is 0.471 e. The molecule has 1 aromatic heterocycles. The highest BCUT2D eigenvalue weighted by atomic mass is 32.2. The molecule has 0 amide bonds. The maximum Gasteiger partial charge on any atom is 0.471 e. The summed E-state index contributed by atoms with van der Waals surface area (Å²) in [5, 5.41) is 3.32. The van der Waals surface area contributed by atoms with Crippen LogP contribution in [0.3, 0.4) is 0 Å². The van der Waals surface area contributed by atoms with Crippen LogP contribution in [0.2, 0.25) is 0 Å². The van der Waals surface area contributed by atoms with Crippen molar-refractivity contribution in [3.8, 4) is 11.4 Å². The lowest BCUT2D eigenvalue weighted by molar-refractivity contribution is -0.159. The molecule has 0 aliphatic carbocycles. The Morgan fingerprint density at radius 1 is 1.12 bits per heavy atom. The standard InChI is InChI=1S/C16H20F3N3O3S/c1-3-9-22(26(23,24)10-4-2)11-12-5-7-13(8-6-12)14-20-15(25-21-14)16(17,18)19/h5-8H,3-4,9-11H2,1-2H3. The normalized spacial score (nSPS) is 12.7. The topological polar surface area (TPSA) is 76.3 Å². The van der Waals surface area contributed by atoms with E-state index in [9.17, 15) is 21.6 Å². The Hall–Kier alpha value is -1.94. The number of aromatic nitrogens is 2. The van der Waals surface area contributed by atoms with Gasteiger partial charge in [-0.05, 0) is 18.4 Å². The first kappa shape index (κ1) is 20.4. The summed E-state index contributed by atoms with van der Waals surface area (Å²) in [7, 11) is -3.34. The lowest BCUT2D eigenvalue weighted by Crippen LogP contribution is -2.33. The van der Waals surface area contributed by atoms with Gasteiger partial charge < -0.3 is 4.52 Å². The van der Waals surface area contributed by atoms with Gasteiger partial charge in [0.15, 0.2) is 0 Å². The van der Waals surface area contributed by atoms with Gasteiger partial charge in [0.2, 0.25) is 15.8 Å². The van der Waals surface area contributed by atoms with Crippen LogP contribution in [0.5, 0.6) is 0 Å². The zero-order valence-electron chi connectivity index (χ0n) is 14.5. The van der Waals surface area contributed by atoms with E-state index >= 15 is 0 Å². The van der Waals surface area contributed by atoms with Crippen molar-refractivity contribution in [1.29, 1.82) is 0 Å². The van der Waals surface area contributed by atoms with Gasteiger partial charge in [0.05, 0.1) is 5.75 Å². The fraction of sp³-hybridized carbons (Fsp3) is 0.500. The summed E-state index contributed by atoms with van der Waals surface area (Å²) >= 11 is 0. The SMILES string of the molecule is CCCN(Cc1ccc(-c2noc(C(F)(F)F)n2)cc1)S(=O)(=O)CCC. The van der Waals surface area contributed by atoms with Gasteiger partial charge in [-0.1, -0.05) is 43.3 Å². The quantitative estimate of drug-likeness (QED) is 0.686. The highest BCUT2D eigenvalue weighted by Gasteiger charge is 2.38. The zero-order chi connectivity index (χ0) is 19.4. The molecule has 2 aromatic rings. The van der Waals surface area contributed by atoms with Crippen LogP contribution in [0.25, 0.3) is 11.4 Å². The Kier molecular flexibility index (Phi) is 6.40. The summed E-state index contributed by atoms with van der Waals surface area (Å²) in [6.07, 6.45) is -3.48. The third kappa shape index (κ3) is 5.04. The number of hydrogen-bond acceptors (Lipinski definition) is 5. The molecule has 0 saturated heterocycles. The molecular weight excluding hydrogens is 371 g/mol. The molecule has 0 fully saturated rings. The lowest BCUT2D eigenvalue weighted by Gasteiger charge is -2.21. The first-order valence-electron chi connectivity index (χ1n) is 8.15. The van der Waals surface area contributed by atoms with E-state index in [0.717, 1.165) is 5.56 Å². The van der Waals surface area contributed by atoms with Crippen molar-refractivity contribution in [3.05, 3.63) is 35.7 Å². The minimum atomic E-state index is -4.69. The predicted octanol–water partition coefficient (Wildman–Crippen LogP) is 3.71. The molecule has 0 spiro atoms. The number of halogens is 3. The first-order chi connectivity index (χ1) is 12.2. The summed E-state index contributed by atoms with van der Waals surface area (Å²) in [4.78, 5) is 3.33.